The summed E-state index contributed by atoms with van der Waals surface area (Å²) in [4.78, 5) is 31.8. The molecule has 0 saturated carbocycles. The molecule has 27 heavy (non-hydrogen) atoms. The molecule has 0 spiro atoms. The highest BCUT2D eigenvalue weighted by Gasteiger charge is 2.17. The summed E-state index contributed by atoms with van der Waals surface area (Å²) in [5.74, 6) is -0.594. The van der Waals surface area contributed by atoms with E-state index in [-0.39, 0.29) is 12.4 Å². The van der Waals surface area contributed by atoms with E-state index in [1.54, 1.807) is 6.07 Å². The third kappa shape index (κ3) is 3.37. The smallest absolute Gasteiger partial charge is 0.331 e. The Labute approximate surface area is 154 Å². The Kier molecular flexibility index (Phi) is 4.30. The number of aromatic amines is 1. The largest absolute Gasteiger partial charge is 0.454 e. The first kappa shape index (κ1) is 16.8. The fourth-order valence-electron chi connectivity index (χ4n) is 2.99. The van der Waals surface area contributed by atoms with Crippen molar-refractivity contribution in [3.63, 3.8) is 0 Å². The lowest BCUT2D eigenvalue weighted by atomic mass is 10.1. The first-order chi connectivity index (χ1) is 13.1. The van der Waals surface area contributed by atoms with Crippen LogP contribution in [0.15, 0.2) is 59.0 Å². The van der Waals surface area contributed by atoms with E-state index in [4.69, 9.17) is 9.15 Å². The molecular weight excluding hydrogens is 344 g/mol. The summed E-state index contributed by atoms with van der Waals surface area (Å²) in [6.45, 7) is 1.49. The van der Waals surface area contributed by atoms with Gasteiger partial charge < -0.3 is 14.1 Å². The zero-order valence-corrected chi connectivity index (χ0v) is 14.6. The molecule has 0 atom stereocenters. The van der Waals surface area contributed by atoms with E-state index in [0.717, 1.165) is 16.6 Å². The number of esters is 1. The molecule has 2 heterocycles. The molecule has 0 fully saturated rings. The van der Waals surface area contributed by atoms with Gasteiger partial charge in [0.25, 0.3) is 0 Å². The topological polar surface area (TPSA) is 85.2 Å². The van der Waals surface area contributed by atoms with Crippen molar-refractivity contribution in [2.24, 2.45) is 0 Å². The molecule has 134 valence electrons. The van der Waals surface area contributed by atoms with Crippen LogP contribution in [0, 0.1) is 6.92 Å². The number of rotatable bonds is 5. The molecule has 0 unspecified atom stereocenters. The van der Waals surface area contributed by atoms with E-state index in [1.165, 1.54) is 12.2 Å². The number of aryl methyl sites for hydroxylation is 1. The zero-order valence-electron chi connectivity index (χ0n) is 14.6. The summed E-state index contributed by atoms with van der Waals surface area (Å²) < 4.78 is 10.6. The molecule has 6 heteroatoms. The maximum Gasteiger partial charge on any atom is 0.331 e. The number of ether oxygens (including phenoxy) is 1. The lowest BCUT2D eigenvalue weighted by Crippen LogP contribution is -2.13. The number of hydrogen-bond donors (Lipinski definition) is 1. The van der Waals surface area contributed by atoms with Crippen LogP contribution < -0.4 is 0 Å². The average molecular weight is 360 g/mol. The van der Waals surface area contributed by atoms with Crippen LogP contribution in [0.25, 0.3) is 28.1 Å². The molecule has 0 aliphatic rings. The first-order valence-electron chi connectivity index (χ1n) is 8.43. The van der Waals surface area contributed by atoms with Crippen LogP contribution in [0.3, 0.4) is 0 Å². The molecule has 0 aliphatic heterocycles. The fourth-order valence-corrected chi connectivity index (χ4v) is 2.99. The van der Waals surface area contributed by atoms with E-state index < -0.39 is 5.97 Å². The lowest BCUT2D eigenvalue weighted by Gasteiger charge is -2.02. The molecule has 4 aromatic rings. The number of nitrogens with one attached hydrogen (secondary N) is 1. The maximum absolute atomic E-state index is 12.5. The molecule has 0 radical (unpaired) electrons. The number of H-pyrrole nitrogens is 1. The van der Waals surface area contributed by atoms with Gasteiger partial charge in [0.1, 0.15) is 5.52 Å². The molecular formula is C21H16N2O4. The molecule has 2 aromatic heterocycles. The Bertz CT molecular complexity index is 1150. The van der Waals surface area contributed by atoms with Crippen molar-refractivity contribution in [1.82, 2.24) is 9.97 Å². The predicted octanol–water partition coefficient (Wildman–Crippen LogP) is 4.06. The number of hydrogen-bond acceptors (Lipinski definition) is 5. The van der Waals surface area contributed by atoms with Crippen molar-refractivity contribution in [3.05, 3.63) is 71.8 Å². The molecule has 4 rings (SSSR count). The Morgan fingerprint density at radius 2 is 1.93 bits per heavy atom. The highest BCUT2D eigenvalue weighted by atomic mass is 16.5. The third-order valence-corrected chi connectivity index (χ3v) is 4.19. The Morgan fingerprint density at radius 3 is 2.78 bits per heavy atom. The number of aromatic nitrogens is 2. The van der Waals surface area contributed by atoms with Crippen LogP contribution in [-0.4, -0.2) is 28.3 Å². The van der Waals surface area contributed by atoms with Crippen molar-refractivity contribution in [2.45, 2.75) is 6.92 Å². The van der Waals surface area contributed by atoms with E-state index in [9.17, 15) is 9.59 Å². The number of para-hydroxylation sites is 3. The summed E-state index contributed by atoms with van der Waals surface area (Å²) in [6, 6.07) is 14.8. The minimum absolute atomic E-state index is 0.256. The van der Waals surface area contributed by atoms with Crippen molar-refractivity contribution >= 4 is 39.8 Å². The Balaban J connectivity index is 1.42. The Hall–Kier alpha value is -3.67. The number of carbonyl (C=O) groups excluding carboxylic acids is 2. The van der Waals surface area contributed by atoms with Gasteiger partial charge in [-0.15, -0.1) is 0 Å². The van der Waals surface area contributed by atoms with Crippen LogP contribution in [0.1, 0.15) is 21.9 Å². The van der Waals surface area contributed by atoms with E-state index in [1.807, 2.05) is 49.4 Å². The Morgan fingerprint density at radius 1 is 1.15 bits per heavy atom. The summed E-state index contributed by atoms with van der Waals surface area (Å²) in [5.41, 5.74) is 3.51. The van der Waals surface area contributed by atoms with E-state index in [2.05, 4.69) is 9.97 Å². The van der Waals surface area contributed by atoms with Crippen LogP contribution in [-0.2, 0) is 9.53 Å². The van der Waals surface area contributed by atoms with Gasteiger partial charge in [0.15, 0.2) is 12.2 Å². The van der Waals surface area contributed by atoms with Crippen LogP contribution in [0.5, 0.6) is 0 Å². The van der Waals surface area contributed by atoms with Crippen molar-refractivity contribution < 1.29 is 18.7 Å². The van der Waals surface area contributed by atoms with Crippen molar-refractivity contribution in [3.8, 4) is 0 Å². The highest BCUT2D eigenvalue weighted by molar-refractivity contribution is 6.10. The van der Waals surface area contributed by atoms with Crippen LogP contribution in [0.2, 0.25) is 0 Å². The number of oxazole rings is 1. The molecule has 0 saturated heterocycles. The van der Waals surface area contributed by atoms with Gasteiger partial charge in [0.05, 0.1) is 0 Å². The average Bonchev–Trinajstić information content (AvgIpc) is 3.23. The minimum atomic E-state index is -0.636. The summed E-state index contributed by atoms with van der Waals surface area (Å²) in [6.07, 6.45) is 2.61. The van der Waals surface area contributed by atoms with Crippen LogP contribution in [0.4, 0.5) is 0 Å². The first-order valence-corrected chi connectivity index (χ1v) is 8.43. The zero-order chi connectivity index (χ0) is 18.8. The molecule has 1 N–H and O–H groups in total. The minimum Gasteiger partial charge on any atom is -0.454 e. The maximum atomic E-state index is 12.5. The van der Waals surface area contributed by atoms with Crippen molar-refractivity contribution in [1.29, 1.82) is 0 Å². The number of benzene rings is 2. The summed E-state index contributed by atoms with van der Waals surface area (Å²) >= 11 is 0. The van der Waals surface area contributed by atoms with Gasteiger partial charge in [-0.25, -0.2) is 9.78 Å². The summed E-state index contributed by atoms with van der Waals surface area (Å²) in [5, 5.41) is 0.818. The molecule has 0 bridgehead atoms. The second kappa shape index (κ2) is 6.92. The van der Waals surface area contributed by atoms with Crippen molar-refractivity contribution in [2.75, 3.05) is 6.61 Å². The van der Waals surface area contributed by atoms with E-state index in [0.29, 0.717) is 22.6 Å². The quantitative estimate of drug-likeness (QED) is 0.330. The second-order valence-corrected chi connectivity index (χ2v) is 6.05. The molecule has 2 aromatic carbocycles. The monoisotopic (exact) mass is 360 g/mol. The standard InChI is InChI=1S/C21H16N2O4/c1-13-21(14-6-2-3-7-15(14)22-13)17(24)12-26-20(25)11-10-19-23-16-8-4-5-9-18(16)27-19/h2-11,22H,12H2,1H3/b11-10+. The number of carbonyl (C=O) groups is 2. The normalized spacial score (nSPS) is 11.4. The fraction of sp³-hybridized carbons (Fsp3) is 0.0952. The van der Waals surface area contributed by atoms with Gasteiger partial charge in [-0.2, -0.15) is 0 Å². The van der Waals surface area contributed by atoms with Gasteiger partial charge >= 0.3 is 5.97 Å². The lowest BCUT2D eigenvalue weighted by molar-refractivity contribution is -0.136. The number of ketones is 1. The van der Waals surface area contributed by atoms with Gasteiger partial charge in [-0.05, 0) is 25.1 Å². The second-order valence-electron chi connectivity index (χ2n) is 6.05. The molecule has 6 nitrogen and oxygen atoms in total. The van der Waals surface area contributed by atoms with Gasteiger partial charge in [-0.1, -0.05) is 30.3 Å². The molecule has 0 aliphatic carbocycles. The SMILES string of the molecule is Cc1[nH]c2ccccc2c1C(=O)COC(=O)/C=C/c1nc2ccccc2o1. The van der Waals surface area contributed by atoms with Crippen LogP contribution >= 0.6 is 0 Å². The number of fused-ring (bicyclic) bond motifs is 2. The highest BCUT2D eigenvalue weighted by Crippen LogP contribution is 2.22. The third-order valence-electron chi connectivity index (χ3n) is 4.19. The number of nitrogens with zero attached hydrogens (tertiary/aromatic N) is 1. The summed E-state index contributed by atoms with van der Waals surface area (Å²) in [7, 11) is 0. The van der Waals surface area contributed by atoms with E-state index >= 15 is 0 Å². The number of Topliss-reactive ketones (excluding diaryl/α,β-unsaturated/α-hetero) is 1. The van der Waals surface area contributed by atoms with Gasteiger partial charge in [0.2, 0.25) is 11.7 Å². The predicted molar refractivity (Wildman–Crippen MR) is 101 cm³/mol. The molecule has 0 amide bonds. The van der Waals surface area contributed by atoms with Gasteiger partial charge in [-0.3, -0.25) is 4.79 Å². The van der Waals surface area contributed by atoms with Gasteiger partial charge in [0, 0.05) is 34.3 Å².